The zero-order valence-electron chi connectivity index (χ0n) is 14.1. The van der Waals surface area contributed by atoms with Gasteiger partial charge in [-0.2, -0.15) is 0 Å². The topological polar surface area (TPSA) is 61.7 Å². The van der Waals surface area contributed by atoms with Gasteiger partial charge in [0.25, 0.3) is 0 Å². The lowest BCUT2D eigenvalue weighted by Gasteiger charge is -2.13. The fourth-order valence-corrected chi connectivity index (χ4v) is 2.20. The Morgan fingerprint density at radius 3 is 2.48 bits per heavy atom. The molecule has 0 spiro atoms. The van der Waals surface area contributed by atoms with E-state index in [2.05, 4.69) is 12.2 Å². The van der Waals surface area contributed by atoms with Crippen LogP contribution in [0.4, 0.5) is 0 Å². The number of hydrogen-bond donors (Lipinski definition) is 3. The highest BCUT2D eigenvalue weighted by atomic mass is 16.5. The molecule has 2 atom stereocenters. The minimum absolute atomic E-state index is 0.259. The molecule has 0 radical (unpaired) electrons. The maximum Gasteiger partial charge on any atom is 0.0897 e. The molecule has 3 N–H and O–H groups in total. The Bertz CT molecular complexity index is 202. The second-order valence-corrected chi connectivity index (χ2v) is 6.13. The summed E-state index contributed by atoms with van der Waals surface area (Å²) in [6.45, 7) is 7.20. The van der Waals surface area contributed by atoms with Crippen LogP contribution in [0.5, 0.6) is 0 Å². The monoisotopic (exact) mass is 303 g/mol. The maximum absolute atomic E-state index is 9.75. The molecule has 2 unspecified atom stereocenters. The van der Waals surface area contributed by atoms with E-state index in [1.165, 1.54) is 32.1 Å². The smallest absolute Gasteiger partial charge is 0.0897 e. The fraction of sp³-hybridized carbons (Fsp3) is 1.00. The summed E-state index contributed by atoms with van der Waals surface area (Å²) in [5.41, 5.74) is 0. The molecule has 0 fully saturated rings. The van der Waals surface area contributed by atoms with Gasteiger partial charge < -0.3 is 20.3 Å². The van der Waals surface area contributed by atoms with Crippen LogP contribution in [-0.4, -0.2) is 49.2 Å². The third kappa shape index (κ3) is 16.0. The third-order valence-corrected chi connectivity index (χ3v) is 3.69. The van der Waals surface area contributed by atoms with Gasteiger partial charge in [0.05, 0.1) is 12.7 Å². The molecule has 21 heavy (non-hydrogen) atoms. The normalized spacial score (nSPS) is 14.3. The van der Waals surface area contributed by atoms with E-state index in [9.17, 15) is 5.11 Å². The van der Waals surface area contributed by atoms with E-state index in [4.69, 9.17) is 9.84 Å². The summed E-state index contributed by atoms with van der Waals surface area (Å²) in [6.07, 6.45) is 9.23. The number of unbranched alkanes of at least 4 members (excludes halogenated alkanes) is 5. The van der Waals surface area contributed by atoms with Crippen molar-refractivity contribution < 1.29 is 14.9 Å². The van der Waals surface area contributed by atoms with Gasteiger partial charge in [-0.3, -0.25) is 0 Å². The van der Waals surface area contributed by atoms with Crippen molar-refractivity contribution in [1.29, 1.82) is 0 Å². The summed E-state index contributed by atoms with van der Waals surface area (Å²) in [5.74, 6) is 0.373. The van der Waals surface area contributed by atoms with Crippen molar-refractivity contribution in [3.8, 4) is 0 Å². The van der Waals surface area contributed by atoms with E-state index >= 15 is 0 Å². The summed E-state index contributed by atoms with van der Waals surface area (Å²) >= 11 is 0. The van der Waals surface area contributed by atoms with Crippen molar-refractivity contribution in [3.05, 3.63) is 0 Å². The van der Waals surface area contributed by atoms with Crippen LogP contribution < -0.4 is 5.32 Å². The van der Waals surface area contributed by atoms with Gasteiger partial charge in [0.2, 0.25) is 0 Å². The highest BCUT2D eigenvalue weighted by Gasteiger charge is 2.04. The van der Waals surface area contributed by atoms with Crippen LogP contribution in [0.1, 0.15) is 65.2 Å². The van der Waals surface area contributed by atoms with Gasteiger partial charge in [-0.05, 0) is 31.7 Å². The molecule has 4 nitrogen and oxygen atoms in total. The SMILES string of the molecule is CCCCCCCCOCC(O)CNCCCC(C)CO. The Balaban J connectivity index is 3.18. The summed E-state index contributed by atoms with van der Waals surface area (Å²) in [5, 5.41) is 21.9. The van der Waals surface area contributed by atoms with E-state index in [0.29, 0.717) is 19.1 Å². The molecule has 0 heterocycles. The fourth-order valence-electron chi connectivity index (χ4n) is 2.20. The first-order chi connectivity index (χ1) is 10.2. The molecule has 0 aromatic carbocycles. The van der Waals surface area contributed by atoms with Crippen LogP contribution >= 0.6 is 0 Å². The van der Waals surface area contributed by atoms with Gasteiger partial charge >= 0.3 is 0 Å². The molecule has 0 saturated heterocycles. The quantitative estimate of drug-likeness (QED) is 0.384. The van der Waals surface area contributed by atoms with E-state index in [1.807, 2.05) is 6.92 Å². The number of nitrogens with one attached hydrogen (secondary N) is 1. The summed E-state index contributed by atoms with van der Waals surface area (Å²) in [6, 6.07) is 0. The number of rotatable bonds is 16. The number of aliphatic hydroxyl groups is 2. The molecule has 0 bridgehead atoms. The molecule has 0 amide bonds. The van der Waals surface area contributed by atoms with Crippen molar-refractivity contribution in [2.24, 2.45) is 5.92 Å². The van der Waals surface area contributed by atoms with E-state index in [1.54, 1.807) is 0 Å². The zero-order chi connectivity index (χ0) is 15.8. The van der Waals surface area contributed by atoms with Crippen molar-refractivity contribution in [3.63, 3.8) is 0 Å². The largest absolute Gasteiger partial charge is 0.396 e. The minimum Gasteiger partial charge on any atom is -0.396 e. The first-order valence-electron chi connectivity index (χ1n) is 8.78. The Labute approximate surface area is 131 Å². The Morgan fingerprint density at radius 2 is 1.76 bits per heavy atom. The summed E-state index contributed by atoms with van der Waals surface area (Å²) in [4.78, 5) is 0. The maximum atomic E-state index is 9.75. The highest BCUT2D eigenvalue weighted by Crippen LogP contribution is 2.05. The molecular weight excluding hydrogens is 266 g/mol. The third-order valence-electron chi connectivity index (χ3n) is 3.69. The van der Waals surface area contributed by atoms with Crippen LogP contribution in [0.15, 0.2) is 0 Å². The van der Waals surface area contributed by atoms with Crippen LogP contribution in [-0.2, 0) is 4.74 Å². The lowest BCUT2D eigenvalue weighted by Crippen LogP contribution is -2.31. The average Bonchev–Trinajstić information content (AvgIpc) is 2.49. The van der Waals surface area contributed by atoms with Gasteiger partial charge in [0.1, 0.15) is 0 Å². The van der Waals surface area contributed by atoms with Crippen molar-refractivity contribution in [1.82, 2.24) is 5.32 Å². The molecule has 0 rings (SSSR count). The molecule has 0 saturated carbocycles. The predicted molar refractivity (Wildman–Crippen MR) is 88.6 cm³/mol. The van der Waals surface area contributed by atoms with Crippen LogP contribution in [0.3, 0.4) is 0 Å². The van der Waals surface area contributed by atoms with Gasteiger partial charge in [-0.25, -0.2) is 0 Å². The zero-order valence-corrected chi connectivity index (χ0v) is 14.1. The molecule has 0 aromatic heterocycles. The standard InChI is InChI=1S/C17H37NO3/c1-3-4-5-6-7-8-12-21-15-17(20)13-18-11-9-10-16(2)14-19/h16-20H,3-15H2,1-2H3. The predicted octanol–water partition coefficient (Wildman–Crippen LogP) is 2.72. The second kappa shape index (κ2) is 16.2. The molecule has 0 aliphatic carbocycles. The van der Waals surface area contributed by atoms with Crippen molar-refractivity contribution >= 4 is 0 Å². The Kier molecular flexibility index (Phi) is 16.1. The van der Waals surface area contributed by atoms with Gasteiger partial charge in [-0.15, -0.1) is 0 Å². The van der Waals surface area contributed by atoms with Crippen LogP contribution in [0.2, 0.25) is 0 Å². The molecule has 0 aromatic rings. The first-order valence-corrected chi connectivity index (χ1v) is 8.78. The lowest BCUT2D eigenvalue weighted by atomic mass is 10.1. The molecule has 128 valence electrons. The highest BCUT2D eigenvalue weighted by molar-refractivity contribution is 4.59. The Hall–Kier alpha value is -0.160. The number of aliphatic hydroxyl groups excluding tert-OH is 2. The average molecular weight is 303 g/mol. The van der Waals surface area contributed by atoms with Gasteiger partial charge in [0.15, 0.2) is 0 Å². The van der Waals surface area contributed by atoms with Crippen LogP contribution in [0.25, 0.3) is 0 Å². The molecule has 0 aliphatic rings. The van der Waals surface area contributed by atoms with E-state index < -0.39 is 6.10 Å². The lowest BCUT2D eigenvalue weighted by molar-refractivity contribution is 0.0354. The number of ether oxygens (including phenoxy) is 1. The molecule has 4 heteroatoms. The second-order valence-electron chi connectivity index (χ2n) is 6.13. The first kappa shape index (κ1) is 20.8. The number of hydrogen-bond acceptors (Lipinski definition) is 4. The molecule has 0 aliphatic heterocycles. The van der Waals surface area contributed by atoms with Crippen molar-refractivity contribution in [2.75, 3.05) is 32.9 Å². The Morgan fingerprint density at radius 1 is 1.05 bits per heavy atom. The molecular formula is C17H37NO3. The van der Waals surface area contributed by atoms with Gasteiger partial charge in [0, 0.05) is 19.8 Å². The summed E-state index contributed by atoms with van der Waals surface area (Å²) < 4.78 is 5.49. The van der Waals surface area contributed by atoms with Crippen molar-refractivity contribution in [2.45, 2.75) is 71.3 Å². The van der Waals surface area contributed by atoms with E-state index in [-0.39, 0.29) is 6.61 Å². The van der Waals surface area contributed by atoms with Crippen LogP contribution in [0, 0.1) is 5.92 Å². The van der Waals surface area contributed by atoms with Gasteiger partial charge in [-0.1, -0.05) is 46.0 Å². The van der Waals surface area contributed by atoms with E-state index in [0.717, 1.165) is 32.4 Å². The minimum atomic E-state index is -0.416. The summed E-state index contributed by atoms with van der Waals surface area (Å²) in [7, 11) is 0.